The fourth-order valence-corrected chi connectivity index (χ4v) is 3.30. The largest absolute Gasteiger partial charge is 0.370 e. The van der Waals surface area contributed by atoms with Crippen LogP contribution in [0, 0.1) is 12.7 Å². The Bertz CT molecular complexity index is 908. The van der Waals surface area contributed by atoms with E-state index >= 15 is 0 Å². The molecular weight excluding hydrogens is 327 g/mol. The van der Waals surface area contributed by atoms with Gasteiger partial charge in [-0.3, -0.25) is 0 Å². The number of benzene rings is 2. The molecule has 0 aliphatic carbocycles. The van der Waals surface area contributed by atoms with Crippen molar-refractivity contribution < 1.29 is 4.39 Å². The quantitative estimate of drug-likeness (QED) is 0.747. The highest BCUT2D eigenvalue weighted by molar-refractivity contribution is 5.66. The standard InChI is InChI=1S/C21H21FN4/c1-15-14-20(23-12-10-16-6-8-18(22)9-7-16)25-21(24-15)26-13-11-17-4-2-3-5-19(17)26/h2-9,14H,10-13H2,1H3,(H,23,24,25). The summed E-state index contributed by atoms with van der Waals surface area (Å²) in [6.07, 6.45) is 1.83. The summed E-state index contributed by atoms with van der Waals surface area (Å²) in [6.45, 7) is 3.62. The molecule has 1 N–H and O–H groups in total. The Kier molecular flexibility index (Phi) is 4.52. The normalized spacial score (nSPS) is 12.9. The fourth-order valence-electron chi connectivity index (χ4n) is 3.30. The molecule has 4 rings (SSSR count). The molecule has 0 saturated carbocycles. The topological polar surface area (TPSA) is 41.1 Å². The summed E-state index contributed by atoms with van der Waals surface area (Å²) in [4.78, 5) is 11.5. The van der Waals surface area contributed by atoms with Crippen molar-refractivity contribution in [2.45, 2.75) is 19.8 Å². The summed E-state index contributed by atoms with van der Waals surface area (Å²) in [5, 5.41) is 3.36. The van der Waals surface area contributed by atoms with Crippen molar-refractivity contribution in [1.82, 2.24) is 9.97 Å². The van der Waals surface area contributed by atoms with Gasteiger partial charge in [-0.25, -0.2) is 9.37 Å². The maximum atomic E-state index is 13.0. The molecule has 1 aliphatic rings. The minimum absolute atomic E-state index is 0.205. The molecule has 4 nitrogen and oxygen atoms in total. The highest BCUT2D eigenvalue weighted by Crippen LogP contribution is 2.32. The summed E-state index contributed by atoms with van der Waals surface area (Å²) in [5.41, 5.74) is 4.56. The zero-order chi connectivity index (χ0) is 17.9. The van der Waals surface area contributed by atoms with E-state index in [2.05, 4.69) is 39.5 Å². The Morgan fingerprint density at radius 3 is 2.73 bits per heavy atom. The van der Waals surface area contributed by atoms with E-state index in [4.69, 9.17) is 4.98 Å². The summed E-state index contributed by atoms with van der Waals surface area (Å²) in [7, 11) is 0. The van der Waals surface area contributed by atoms with Gasteiger partial charge < -0.3 is 10.2 Å². The number of hydrogen-bond donors (Lipinski definition) is 1. The van der Waals surface area contributed by atoms with E-state index in [1.165, 1.54) is 23.4 Å². The molecule has 0 saturated heterocycles. The number of rotatable bonds is 5. The van der Waals surface area contributed by atoms with Crippen LogP contribution in [0.2, 0.25) is 0 Å². The van der Waals surface area contributed by atoms with E-state index in [0.29, 0.717) is 0 Å². The Balaban J connectivity index is 1.47. The number of fused-ring (bicyclic) bond motifs is 1. The van der Waals surface area contributed by atoms with Crippen molar-refractivity contribution in [2.75, 3.05) is 23.3 Å². The minimum atomic E-state index is -0.205. The van der Waals surface area contributed by atoms with Crippen molar-refractivity contribution in [1.29, 1.82) is 0 Å². The zero-order valence-electron chi connectivity index (χ0n) is 14.7. The lowest BCUT2D eigenvalue weighted by atomic mass is 10.1. The number of hydrogen-bond acceptors (Lipinski definition) is 4. The first kappa shape index (κ1) is 16.5. The fraction of sp³-hybridized carbons (Fsp3) is 0.238. The molecule has 0 atom stereocenters. The molecular formula is C21H21FN4. The first-order valence-electron chi connectivity index (χ1n) is 8.88. The molecule has 1 aliphatic heterocycles. The van der Waals surface area contributed by atoms with Crippen LogP contribution in [-0.2, 0) is 12.8 Å². The molecule has 132 valence electrons. The Hall–Kier alpha value is -2.95. The number of para-hydroxylation sites is 1. The molecule has 5 heteroatoms. The Morgan fingerprint density at radius 2 is 1.88 bits per heavy atom. The number of anilines is 3. The molecule has 3 aromatic rings. The SMILES string of the molecule is Cc1cc(NCCc2ccc(F)cc2)nc(N2CCc3ccccc32)n1. The van der Waals surface area contributed by atoms with Crippen molar-refractivity contribution in [2.24, 2.45) is 0 Å². The second-order valence-electron chi connectivity index (χ2n) is 6.53. The van der Waals surface area contributed by atoms with Crippen LogP contribution in [0.1, 0.15) is 16.8 Å². The van der Waals surface area contributed by atoms with E-state index in [1.807, 2.05) is 25.1 Å². The predicted molar refractivity (Wildman–Crippen MR) is 103 cm³/mol. The van der Waals surface area contributed by atoms with Gasteiger partial charge in [0, 0.05) is 30.5 Å². The summed E-state index contributed by atoms with van der Waals surface area (Å²) in [6, 6.07) is 17.0. The van der Waals surface area contributed by atoms with Gasteiger partial charge in [0.1, 0.15) is 11.6 Å². The molecule has 0 amide bonds. The molecule has 2 aromatic carbocycles. The van der Waals surface area contributed by atoms with Gasteiger partial charge in [-0.2, -0.15) is 4.98 Å². The summed E-state index contributed by atoms with van der Waals surface area (Å²) in [5.74, 6) is 1.35. The van der Waals surface area contributed by atoms with Crippen LogP contribution in [0.4, 0.5) is 21.8 Å². The molecule has 2 heterocycles. The number of aryl methyl sites for hydroxylation is 1. The average molecular weight is 348 g/mol. The van der Waals surface area contributed by atoms with E-state index in [-0.39, 0.29) is 5.82 Å². The third-order valence-corrected chi connectivity index (χ3v) is 4.60. The maximum absolute atomic E-state index is 13.0. The molecule has 0 spiro atoms. The molecule has 1 aromatic heterocycles. The van der Waals surface area contributed by atoms with Gasteiger partial charge in [-0.15, -0.1) is 0 Å². The number of nitrogens with zero attached hydrogens (tertiary/aromatic N) is 3. The second kappa shape index (κ2) is 7.12. The number of aromatic nitrogens is 2. The Labute approximate surface area is 152 Å². The second-order valence-corrected chi connectivity index (χ2v) is 6.53. The molecule has 0 bridgehead atoms. The summed E-state index contributed by atoms with van der Waals surface area (Å²) >= 11 is 0. The van der Waals surface area contributed by atoms with Crippen LogP contribution in [0.3, 0.4) is 0 Å². The lowest BCUT2D eigenvalue weighted by molar-refractivity contribution is 0.627. The number of nitrogens with one attached hydrogen (secondary N) is 1. The van der Waals surface area contributed by atoms with Gasteiger partial charge >= 0.3 is 0 Å². The van der Waals surface area contributed by atoms with Gasteiger partial charge in [0.25, 0.3) is 0 Å². The van der Waals surface area contributed by atoms with E-state index in [0.717, 1.165) is 49.0 Å². The Morgan fingerprint density at radius 1 is 1.08 bits per heavy atom. The highest BCUT2D eigenvalue weighted by Gasteiger charge is 2.22. The molecule has 26 heavy (non-hydrogen) atoms. The van der Waals surface area contributed by atoms with Crippen LogP contribution in [0.5, 0.6) is 0 Å². The van der Waals surface area contributed by atoms with E-state index in [9.17, 15) is 4.39 Å². The van der Waals surface area contributed by atoms with Gasteiger partial charge in [-0.05, 0) is 49.1 Å². The van der Waals surface area contributed by atoms with Gasteiger partial charge in [-0.1, -0.05) is 30.3 Å². The third-order valence-electron chi connectivity index (χ3n) is 4.60. The smallest absolute Gasteiger partial charge is 0.232 e. The zero-order valence-corrected chi connectivity index (χ0v) is 14.7. The van der Waals surface area contributed by atoms with Crippen molar-refractivity contribution in [3.8, 4) is 0 Å². The molecule has 0 radical (unpaired) electrons. The first-order chi connectivity index (χ1) is 12.7. The van der Waals surface area contributed by atoms with Crippen LogP contribution < -0.4 is 10.2 Å². The van der Waals surface area contributed by atoms with Gasteiger partial charge in [0.15, 0.2) is 0 Å². The summed E-state index contributed by atoms with van der Waals surface area (Å²) < 4.78 is 13.0. The average Bonchev–Trinajstić information content (AvgIpc) is 3.07. The van der Waals surface area contributed by atoms with E-state index in [1.54, 1.807) is 0 Å². The predicted octanol–water partition coefficient (Wildman–Crippen LogP) is 4.27. The molecule has 0 fully saturated rings. The lowest BCUT2D eigenvalue weighted by Gasteiger charge is -2.18. The van der Waals surface area contributed by atoms with Gasteiger partial charge in [0.05, 0.1) is 0 Å². The van der Waals surface area contributed by atoms with Gasteiger partial charge in [0.2, 0.25) is 5.95 Å². The lowest BCUT2D eigenvalue weighted by Crippen LogP contribution is -2.18. The first-order valence-corrected chi connectivity index (χ1v) is 8.88. The molecule has 0 unspecified atom stereocenters. The van der Waals surface area contributed by atoms with Crippen molar-refractivity contribution in [3.63, 3.8) is 0 Å². The number of halogens is 1. The monoisotopic (exact) mass is 348 g/mol. The third kappa shape index (κ3) is 3.52. The van der Waals surface area contributed by atoms with Crippen LogP contribution in [-0.4, -0.2) is 23.1 Å². The van der Waals surface area contributed by atoms with Crippen LogP contribution in [0.25, 0.3) is 0 Å². The van der Waals surface area contributed by atoms with Crippen LogP contribution >= 0.6 is 0 Å². The van der Waals surface area contributed by atoms with Crippen molar-refractivity contribution in [3.05, 3.63) is 77.2 Å². The van der Waals surface area contributed by atoms with Crippen LogP contribution in [0.15, 0.2) is 54.6 Å². The van der Waals surface area contributed by atoms with E-state index < -0.39 is 0 Å². The highest BCUT2D eigenvalue weighted by atomic mass is 19.1. The van der Waals surface area contributed by atoms with Crippen molar-refractivity contribution >= 4 is 17.5 Å². The maximum Gasteiger partial charge on any atom is 0.232 e. The minimum Gasteiger partial charge on any atom is -0.370 e.